The highest BCUT2D eigenvalue weighted by Gasteiger charge is 2.19. The summed E-state index contributed by atoms with van der Waals surface area (Å²) in [6, 6.07) is 13.5. The Morgan fingerprint density at radius 2 is 2.00 bits per heavy atom. The van der Waals surface area contributed by atoms with Crippen LogP contribution in [0, 0.1) is 0 Å². The van der Waals surface area contributed by atoms with Crippen LogP contribution in [0.2, 0.25) is 5.15 Å². The van der Waals surface area contributed by atoms with Gasteiger partial charge in [-0.15, -0.1) is 11.3 Å². The Kier molecular flexibility index (Phi) is 4.68. The highest BCUT2D eigenvalue weighted by molar-refractivity contribution is 7.18. The third-order valence-electron chi connectivity index (χ3n) is 4.50. The van der Waals surface area contributed by atoms with Crippen LogP contribution >= 0.6 is 22.9 Å². The van der Waals surface area contributed by atoms with Gasteiger partial charge in [0.1, 0.15) is 10.7 Å². The molecule has 136 valence electrons. The molecule has 0 radical (unpaired) electrons. The number of thiazole rings is 1. The molecule has 3 heterocycles. The number of halogens is 1. The summed E-state index contributed by atoms with van der Waals surface area (Å²) in [7, 11) is 1.78. The van der Waals surface area contributed by atoms with Gasteiger partial charge in [0.25, 0.3) is 0 Å². The maximum atomic E-state index is 12.7. The molecule has 0 N–H and O–H groups in total. The number of hydrogen-bond acceptors (Lipinski definition) is 4. The van der Waals surface area contributed by atoms with E-state index >= 15 is 0 Å². The van der Waals surface area contributed by atoms with E-state index in [4.69, 9.17) is 11.6 Å². The maximum absolute atomic E-state index is 12.7. The predicted molar refractivity (Wildman–Crippen MR) is 110 cm³/mol. The van der Waals surface area contributed by atoms with Gasteiger partial charge >= 0.3 is 0 Å². The van der Waals surface area contributed by atoms with Gasteiger partial charge in [-0.3, -0.25) is 9.20 Å². The number of hydrogen-bond donors (Lipinski definition) is 0. The number of aromatic nitrogens is 3. The van der Waals surface area contributed by atoms with Crippen LogP contribution < -0.4 is 0 Å². The van der Waals surface area contributed by atoms with Gasteiger partial charge in [0.15, 0.2) is 5.15 Å². The number of para-hydroxylation sites is 1. The van der Waals surface area contributed by atoms with E-state index in [1.54, 1.807) is 29.4 Å². The Bertz CT molecular complexity index is 1130. The number of carbonyl (C=O) groups excluding carboxylic acids is 1. The van der Waals surface area contributed by atoms with Crippen LogP contribution in [0.3, 0.4) is 0 Å². The molecule has 0 unspecified atom stereocenters. The van der Waals surface area contributed by atoms with Crippen molar-refractivity contribution in [2.75, 3.05) is 7.05 Å². The fraction of sp³-hybridized carbons (Fsp3) is 0.150. The van der Waals surface area contributed by atoms with Crippen LogP contribution in [0.15, 0.2) is 54.7 Å². The molecule has 0 saturated heterocycles. The molecule has 0 bridgehead atoms. The predicted octanol–water partition coefficient (Wildman–Crippen LogP) is 4.83. The quantitative estimate of drug-likeness (QED) is 0.464. The molecular formula is C20H17ClN4OS. The average Bonchev–Trinajstić information content (AvgIpc) is 3.25. The second-order valence-corrected chi connectivity index (χ2v) is 7.62. The molecule has 1 amide bonds. The lowest BCUT2D eigenvalue weighted by atomic mass is 10.3. The largest absolute Gasteiger partial charge is 0.333 e. The van der Waals surface area contributed by atoms with Crippen LogP contribution in [0.4, 0.5) is 0 Å². The molecule has 27 heavy (non-hydrogen) atoms. The summed E-state index contributed by atoms with van der Waals surface area (Å²) in [5.41, 5.74) is 2.38. The zero-order valence-electron chi connectivity index (χ0n) is 14.8. The standard InChI is InChI=1S/C20H17ClN4OS/c1-13(20-22-14-7-3-4-8-16(14)27-20)24(2)18(26)11-10-15-19(21)23-17-9-5-6-12-25(15)17/h3-13H,1-2H3/b11-10+/t13-/m1/s1. The smallest absolute Gasteiger partial charge is 0.246 e. The third kappa shape index (κ3) is 3.34. The molecule has 0 aliphatic carbocycles. The molecule has 4 aromatic rings. The highest BCUT2D eigenvalue weighted by Crippen LogP contribution is 2.29. The highest BCUT2D eigenvalue weighted by atomic mass is 35.5. The number of rotatable bonds is 4. The van der Waals surface area contributed by atoms with Gasteiger partial charge in [0.2, 0.25) is 5.91 Å². The Labute approximate surface area is 165 Å². The SMILES string of the molecule is C[C@H](c1nc2ccccc2s1)N(C)C(=O)/C=C/c1c(Cl)nc2ccccn12. The number of fused-ring (bicyclic) bond motifs is 2. The van der Waals surface area contributed by atoms with Crippen molar-refractivity contribution >= 4 is 50.8 Å². The first kappa shape index (κ1) is 17.7. The Morgan fingerprint density at radius 3 is 2.81 bits per heavy atom. The zero-order valence-corrected chi connectivity index (χ0v) is 16.4. The minimum atomic E-state index is -0.128. The van der Waals surface area contributed by atoms with E-state index in [9.17, 15) is 4.79 Å². The van der Waals surface area contributed by atoms with Crippen LogP contribution in [0.1, 0.15) is 23.7 Å². The lowest BCUT2D eigenvalue weighted by Gasteiger charge is -2.21. The molecule has 1 atom stereocenters. The zero-order chi connectivity index (χ0) is 19.0. The summed E-state index contributed by atoms with van der Waals surface area (Å²) in [6.07, 6.45) is 5.09. The number of benzene rings is 1. The normalized spacial score (nSPS) is 12.9. The monoisotopic (exact) mass is 396 g/mol. The third-order valence-corrected chi connectivity index (χ3v) is 5.99. The molecule has 3 aromatic heterocycles. The second kappa shape index (κ2) is 7.13. The summed E-state index contributed by atoms with van der Waals surface area (Å²) in [5, 5.41) is 1.28. The van der Waals surface area contributed by atoms with Crippen molar-refractivity contribution in [2.24, 2.45) is 0 Å². The lowest BCUT2D eigenvalue weighted by molar-refractivity contribution is -0.126. The fourth-order valence-corrected chi connectivity index (χ4v) is 4.13. The van der Waals surface area contributed by atoms with Crippen LogP contribution in [-0.4, -0.2) is 32.2 Å². The van der Waals surface area contributed by atoms with Gasteiger partial charge in [-0.25, -0.2) is 9.97 Å². The van der Waals surface area contributed by atoms with E-state index in [0.717, 1.165) is 20.9 Å². The number of nitrogens with zero attached hydrogens (tertiary/aromatic N) is 4. The summed E-state index contributed by atoms with van der Waals surface area (Å²) >= 11 is 7.82. The maximum Gasteiger partial charge on any atom is 0.246 e. The summed E-state index contributed by atoms with van der Waals surface area (Å²) < 4.78 is 2.97. The molecule has 0 spiro atoms. The van der Waals surface area contributed by atoms with Crippen molar-refractivity contribution in [3.05, 3.63) is 70.6 Å². The molecule has 0 aliphatic rings. The minimum Gasteiger partial charge on any atom is -0.333 e. The van der Waals surface area contributed by atoms with Crippen molar-refractivity contribution in [1.82, 2.24) is 19.3 Å². The van der Waals surface area contributed by atoms with Crippen LogP contribution in [0.5, 0.6) is 0 Å². The van der Waals surface area contributed by atoms with Crippen molar-refractivity contribution in [1.29, 1.82) is 0 Å². The van der Waals surface area contributed by atoms with Crippen molar-refractivity contribution in [3.63, 3.8) is 0 Å². The summed E-state index contributed by atoms with van der Waals surface area (Å²) in [6.45, 7) is 1.98. The van der Waals surface area contributed by atoms with E-state index in [1.807, 2.05) is 60.0 Å². The molecule has 5 nitrogen and oxygen atoms in total. The average molecular weight is 397 g/mol. The number of imidazole rings is 1. The van der Waals surface area contributed by atoms with Gasteiger partial charge in [-0.05, 0) is 37.3 Å². The van der Waals surface area contributed by atoms with E-state index in [-0.39, 0.29) is 11.9 Å². The Balaban J connectivity index is 1.56. The first-order valence-electron chi connectivity index (χ1n) is 8.47. The molecule has 4 rings (SSSR count). The summed E-state index contributed by atoms with van der Waals surface area (Å²) in [5.74, 6) is -0.122. The van der Waals surface area contributed by atoms with Gasteiger partial charge in [0, 0.05) is 19.3 Å². The second-order valence-electron chi connectivity index (χ2n) is 6.19. The van der Waals surface area contributed by atoms with E-state index in [0.29, 0.717) is 10.8 Å². The number of likely N-dealkylation sites (N-methyl/N-ethyl adjacent to an activating group) is 1. The Morgan fingerprint density at radius 1 is 1.22 bits per heavy atom. The minimum absolute atomic E-state index is 0.122. The van der Waals surface area contributed by atoms with Gasteiger partial charge in [-0.2, -0.15) is 0 Å². The van der Waals surface area contributed by atoms with E-state index < -0.39 is 0 Å². The molecule has 7 heteroatoms. The number of carbonyl (C=O) groups is 1. The lowest BCUT2D eigenvalue weighted by Crippen LogP contribution is -2.27. The van der Waals surface area contributed by atoms with Crippen molar-refractivity contribution < 1.29 is 4.79 Å². The molecule has 0 fully saturated rings. The summed E-state index contributed by atoms with van der Waals surface area (Å²) in [4.78, 5) is 23.3. The van der Waals surface area contributed by atoms with Gasteiger partial charge in [0.05, 0.1) is 22.0 Å². The number of amides is 1. The van der Waals surface area contributed by atoms with Gasteiger partial charge < -0.3 is 4.90 Å². The topological polar surface area (TPSA) is 50.5 Å². The number of pyridine rings is 1. The van der Waals surface area contributed by atoms with Crippen LogP contribution in [0.25, 0.3) is 21.9 Å². The molecule has 0 saturated carbocycles. The Hall–Kier alpha value is -2.70. The molecular weight excluding hydrogens is 380 g/mol. The van der Waals surface area contributed by atoms with E-state index in [1.165, 1.54) is 6.08 Å². The molecule has 1 aromatic carbocycles. The first-order valence-corrected chi connectivity index (χ1v) is 9.67. The van der Waals surface area contributed by atoms with Crippen LogP contribution in [-0.2, 0) is 4.79 Å². The fourth-order valence-electron chi connectivity index (χ4n) is 2.83. The van der Waals surface area contributed by atoms with Crippen molar-refractivity contribution in [2.45, 2.75) is 13.0 Å². The van der Waals surface area contributed by atoms with Gasteiger partial charge in [-0.1, -0.05) is 29.8 Å². The van der Waals surface area contributed by atoms with E-state index in [2.05, 4.69) is 9.97 Å². The van der Waals surface area contributed by atoms with Crippen molar-refractivity contribution in [3.8, 4) is 0 Å². The molecule has 0 aliphatic heterocycles. The first-order chi connectivity index (χ1) is 13.0.